The summed E-state index contributed by atoms with van der Waals surface area (Å²) in [5.74, 6) is -0.692. The average Bonchev–Trinajstić information content (AvgIpc) is 2.86. The van der Waals surface area contributed by atoms with E-state index in [1.165, 1.54) is 44.9 Å². The number of esters is 1. The first kappa shape index (κ1) is 24.3. The van der Waals surface area contributed by atoms with Gasteiger partial charge in [0, 0.05) is 0 Å². The van der Waals surface area contributed by atoms with Crippen LogP contribution in [0.4, 0.5) is 0 Å². The summed E-state index contributed by atoms with van der Waals surface area (Å²) in [7, 11) is -4.57. The molecule has 0 aromatic rings. The summed E-state index contributed by atoms with van der Waals surface area (Å²) in [6.45, 7) is 2.52. The van der Waals surface area contributed by atoms with Gasteiger partial charge in [0.1, 0.15) is 15.4 Å². The molecule has 1 aliphatic heterocycles. The second kappa shape index (κ2) is 13.5. The second-order valence-electron chi connectivity index (χ2n) is 6.15. The van der Waals surface area contributed by atoms with Crippen LogP contribution in [0, 0.1) is 0 Å². The van der Waals surface area contributed by atoms with E-state index in [0.29, 0.717) is 6.61 Å². The van der Waals surface area contributed by atoms with E-state index in [2.05, 4.69) is 6.92 Å². The zero-order valence-electron chi connectivity index (χ0n) is 15.0. The van der Waals surface area contributed by atoms with E-state index in [1.807, 2.05) is 0 Å². The molecule has 1 fully saturated rings. The molecule has 2 unspecified atom stereocenters. The molecule has 1 heterocycles. The van der Waals surface area contributed by atoms with Crippen LogP contribution in [-0.4, -0.2) is 37.1 Å². The zero-order chi connectivity index (χ0) is 17.1. The number of rotatable bonds is 13. The Kier molecular flexibility index (Phi) is 13.7. The van der Waals surface area contributed by atoms with Crippen molar-refractivity contribution in [1.29, 1.82) is 0 Å². The molecule has 1 saturated heterocycles. The Labute approximate surface area is 168 Å². The van der Waals surface area contributed by atoms with Crippen molar-refractivity contribution in [2.24, 2.45) is 0 Å². The van der Waals surface area contributed by atoms with Gasteiger partial charge in [-0.1, -0.05) is 64.7 Å². The number of carbonyl (C=O) groups is 1. The van der Waals surface area contributed by atoms with Crippen LogP contribution >= 0.6 is 0 Å². The van der Waals surface area contributed by atoms with Gasteiger partial charge in [-0.2, -0.15) is 0 Å². The van der Waals surface area contributed by atoms with Crippen molar-refractivity contribution in [1.82, 2.24) is 0 Å². The van der Waals surface area contributed by atoms with Crippen LogP contribution in [-0.2, 0) is 24.4 Å². The number of ether oxygens (including phenoxy) is 2. The maximum atomic E-state index is 11.1. The molecule has 6 nitrogen and oxygen atoms in total. The monoisotopic (exact) mass is 372 g/mol. The number of hydrogen-bond acceptors (Lipinski definition) is 6. The Morgan fingerprint density at radius 1 is 1.04 bits per heavy atom. The average molecular weight is 372 g/mol. The minimum absolute atomic E-state index is 0. The fraction of sp³-hybridized carbons (Fsp3) is 0.938. The summed E-state index contributed by atoms with van der Waals surface area (Å²) >= 11 is 0. The van der Waals surface area contributed by atoms with Crippen LogP contribution in [0.2, 0.25) is 0 Å². The normalized spacial score (nSPS) is 20.7. The van der Waals surface area contributed by atoms with Crippen molar-refractivity contribution in [3.8, 4) is 0 Å². The molecule has 0 aromatic carbocycles. The van der Waals surface area contributed by atoms with Gasteiger partial charge in [0.15, 0.2) is 0 Å². The third-order valence-electron chi connectivity index (χ3n) is 4.07. The van der Waals surface area contributed by atoms with Crippen molar-refractivity contribution >= 4 is 16.1 Å². The summed E-state index contributed by atoms with van der Waals surface area (Å²) < 4.78 is 43.1. The molecular formula is C16H29NaO6S. The molecule has 24 heavy (non-hydrogen) atoms. The molecule has 0 N–H and O–H groups in total. The van der Waals surface area contributed by atoms with Gasteiger partial charge in [0.05, 0.1) is 13.0 Å². The van der Waals surface area contributed by atoms with Crippen molar-refractivity contribution in [3.05, 3.63) is 0 Å². The van der Waals surface area contributed by atoms with Crippen LogP contribution in [0.1, 0.15) is 77.6 Å². The molecule has 1 aliphatic rings. The van der Waals surface area contributed by atoms with Crippen LogP contribution in [0.15, 0.2) is 0 Å². The summed E-state index contributed by atoms with van der Waals surface area (Å²) in [5.41, 5.74) is 0. The Morgan fingerprint density at radius 3 is 2.04 bits per heavy atom. The molecule has 2 atom stereocenters. The summed E-state index contributed by atoms with van der Waals surface area (Å²) in [4.78, 5) is 11.1. The van der Waals surface area contributed by atoms with E-state index in [-0.39, 0.29) is 29.6 Å². The molecule has 0 amide bonds. The smallest absolute Gasteiger partial charge is 0.748 e. The van der Waals surface area contributed by atoms with E-state index < -0.39 is 34.0 Å². The third-order valence-corrected chi connectivity index (χ3v) is 5.20. The van der Waals surface area contributed by atoms with Gasteiger partial charge in [0.25, 0.3) is 0 Å². The summed E-state index contributed by atoms with van der Waals surface area (Å²) in [6.07, 6.45) is 10.2. The van der Waals surface area contributed by atoms with Gasteiger partial charge < -0.3 is 14.0 Å². The van der Waals surface area contributed by atoms with Gasteiger partial charge >= 0.3 is 35.5 Å². The molecule has 0 radical (unpaired) electrons. The summed E-state index contributed by atoms with van der Waals surface area (Å²) in [5, 5.41) is -1.40. The molecule has 1 rings (SSSR count). The SMILES string of the molecule is CCCCCCCCCCCCOC1OC(=O)CC1S(=O)(=O)[O-].[Na+]. The molecule has 0 aliphatic carbocycles. The molecule has 0 bridgehead atoms. The first-order valence-corrected chi connectivity index (χ1v) is 10.2. The van der Waals surface area contributed by atoms with E-state index in [4.69, 9.17) is 9.47 Å². The largest absolute Gasteiger partial charge is 1.00 e. The van der Waals surface area contributed by atoms with Crippen LogP contribution in [0.25, 0.3) is 0 Å². The molecule has 8 heteroatoms. The minimum Gasteiger partial charge on any atom is -0.748 e. The van der Waals surface area contributed by atoms with Crippen LogP contribution in [0.5, 0.6) is 0 Å². The van der Waals surface area contributed by atoms with Crippen LogP contribution < -0.4 is 29.6 Å². The minimum atomic E-state index is -4.57. The van der Waals surface area contributed by atoms with Crippen molar-refractivity contribution in [2.75, 3.05) is 6.61 Å². The Bertz CT molecular complexity index is 440. The Balaban J connectivity index is 0.00000529. The molecular weight excluding hydrogens is 343 g/mol. The van der Waals surface area contributed by atoms with E-state index in [0.717, 1.165) is 19.3 Å². The van der Waals surface area contributed by atoms with Crippen molar-refractivity contribution in [3.63, 3.8) is 0 Å². The fourth-order valence-corrected chi connectivity index (χ4v) is 3.43. The molecule has 0 aromatic heterocycles. The topological polar surface area (TPSA) is 92.7 Å². The van der Waals surface area contributed by atoms with Gasteiger partial charge in [-0.3, -0.25) is 4.79 Å². The number of unbranched alkanes of at least 4 members (excludes halogenated alkanes) is 9. The van der Waals surface area contributed by atoms with Crippen LogP contribution in [0.3, 0.4) is 0 Å². The maximum absolute atomic E-state index is 11.1. The van der Waals surface area contributed by atoms with Gasteiger partial charge in [-0.25, -0.2) is 8.42 Å². The number of cyclic esters (lactones) is 1. The molecule has 0 spiro atoms. The van der Waals surface area contributed by atoms with E-state index >= 15 is 0 Å². The van der Waals surface area contributed by atoms with Gasteiger partial charge in [0.2, 0.25) is 6.29 Å². The predicted octanol–water partition coefficient (Wildman–Crippen LogP) is 0.115. The second-order valence-corrected chi connectivity index (χ2v) is 7.74. The number of hydrogen-bond donors (Lipinski definition) is 0. The maximum Gasteiger partial charge on any atom is 1.00 e. The van der Waals surface area contributed by atoms with Crippen molar-refractivity contribution in [2.45, 2.75) is 89.1 Å². The first-order chi connectivity index (χ1) is 10.9. The number of carbonyl (C=O) groups excluding carboxylic acids is 1. The Hall–Kier alpha value is 0.340. The Morgan fingerprint density at radius 2 is 1.54 bits per heavy atom. The summed E-state index contributed by atoms with van der Waals surface area (Å²) in [6, 6.07) is 0. The molecule has 0 saturated carbocycles. The zero-order valence-corrected chi connectivity index (χ0v) is 17.8. The third kappa shape index (κ3) is 10.4. The molecule has 136 valence electrons. The quantitative estimate of drug-likeness (QED) is 0.197. The van der Waals surface area contributed by atoms with Gasteiger partial charge in [-0.15, -0.1) is 0 Å². The predicted molar refractivity (Wildman–Crippen MR) is 85.8 cm³/mol. The standard InChI is InChI=1S/C16H30O6S.Na/c1-2-3-4-5-6-7-8-9-10-11-12-21-16-14(23(18,19)20)13-15(17)22-16;/h14,16H,2-13H2,1H3,(H,18,19,20);/q;+1/p-1. The van der Waals surface area contributed by atoms with Crippen molar-refractivity contribution < 1.29 is 56.8 Å². The first-order valence-electron chi connectivity index (χ1n) is 8.71. The van der Waals surface area contributed by atoms with E-state index in [9.17, 15) is 17.8 Å². The fourth-order valence-electron chi connectivity index (χ4n) is 2.68. The van der Waals surface area contributed by atoms with E-state index in [1.54, 1.807) is 0 Å². The van der Waals surface area contributed by atoms with Gasteiger partial charge in [-0.05, 0) is 6.42 Å².